The van der Waals surface area contributed by atoms with Crippen molar-refractivity contribution in [3.05, 3.63) is 91.0 Å². The Morgan fingerprint density at radius 1 is 1.11 bits per heavy atom. The van der Waals surface area contributed by atoms with Crippen molar-refractivity contribution >= 4 is 41.5 Å². The Hall–Kier alpha value is -4.39. The number of imidazole rings is 1. The number of nitrogens with one attached hydrogen (secondary N) is 1. The van der Waals surface area contributed by atoms with Crippen molar-refractivity contribution in [2.24, 2.45) is 0 Å². The van der Waals surface area contributed by atoms with E-state index in [9.17, 15) is 14.5 Å². The molecule has 1 saturated heterocycles. The van der Waals surface area contributed by atoms with Crippen LogP contribution in [0, 0.1) is 0 Å². The molecule has 0 amide bonds. The molecule has 5 atom stereocenters. The third kappa shape index (κ3) is 6.28. The van der Waals surface area contributed by atoms with Crippen LogP contribution in [-0.2, 0) is 30.0 Å². The van der Waals surface area contributed by atoms with E-state index in [2.05, 4.69) is 20.0 Å². The van der Waals surface area contributed by atoms with Gasteiger partial charge >= 0.3 is 13.7 Å². The number of benzene rings is 3. The number of aliphatic hydroxyl groups excluding tert-OH is 1. The van der Waals surface area contributed by atoms with Crippen LogP contribution in [0.25, 0.3) is 21.9 Å². The Labute approximate surface area is 252 Å². The van der Waals surface area contributed by atoms with Crippen LogP contribution in [0.4, 0.5) is 5.82 Å². The van der Waals surface area contributed by atoms with E-state index in [1.165, 1.54) is 19.6 Å². The molecule has 3 aromatic carbocycles. The van der Waals surface area contributed by atoms with Crippen molar-refractivity contribution in [2.45, 2.75) is 44.4 Å². The van der Waals surface area contributed by atoms with Crippen LogP contribution in [0.3, 0.4) is 0 Å². The smallest absolute Gasteiger partial charge is 0.459 e. The number of nitrogen functional groups attached to an aromatic ring is 1. The molecule has 1 aliphatic heterocycles. The average Bonchev–Trinajstić information content (AvgIpc) is 3.64. The lowest BCUT2D eigenvalue weighted by Gasteiger charge is -2.28. The summed E-state index contributed by atoms with van der Waals surface area (Å²) in [6, 6.07) is 20.9. The van der Waals surface area contributed by atoms with Gasteiger partial charge in [0.05, 0.1) is 19.0 Å². The van der Waals surface area contributed by atoms with Crippen molar-refractivity contribution in [1.82, 2.24) is 24.6 Å². The molecule has 2 unspecified atom stereocenters. The molecule has 0 radical (unpaired) electrons. The molecule has 2 aromatic heterocycles. The van der Waals surface area contributed by atoms with Crippen LogP contribution in [-0.4, -0.2) is 55.5 Å². The van der Waals surface area contributed by atoms with Crippen LogP contribution >= 0.6 is 7.75 Å². The first-order valence-electron chi connectivity index (χ1n) is 14.0. The van der Waals surface area contributed by atoms with Crippen LogP contribution in [0.5, 0.6) is 5.75 Å². The normalized spacial score (nSPS) is 20.4. The fourth-order valence-corrected chi connectivity index (χ4v) is 6.74. The number of fused-ring (bicyclic) bond motifs is 2. The van der Waals surface area contributed by atoms with E-state index in [0.29, 0.717) is 16.6 Å². The van der Waals surface area contributed by atoms with Gasteiger partial charge in [-0.05, 0) is 23.9 Å². The molecular formula is C30H31N6O7P. The van der Waals surface area contributed by atoms with Gasteiger partial charge in [-0.15, -0.1) is 0 Å². The van der Waals surface area contributed by atoms with Crippen molar-refractivity contribution in [1.29, 1.82) is 0 Å². The predicted octanol–water partition coefficient (Wildman–Crippen LogP) is 4.14. The molecule has 4 N–H and O–H groups in total. The number of aliphatic hydroxyl groups is 1. The highest BCUT2D eigenvalue weighted by molar-refractivity contribution is 7.52. The molecule has 6 rings (SSSR count). The molecule has 1 fully saturated rings. The summed E-state index contributed by atoms with van der Waals surface area (Å²) in [6.45, 7) is 1.23. The lowest BCUT2D eigenvalue weighted by atomic mass is 10.1. The van der Waals surface area contributed by atoms with Gasteiger partial charge in [0.15, 0.2) is 17.7 Å². The topological polar surface area (TPSA) is 173 Å². The average molecular weight is 619 g/mol. The van der Waals surface area contributed by atoms with Gasteiger partial charge in [-0.25, -0.2) is 19.5 Å². The van der Waals surface area contributed by atoms with Crippen LogP contribution in [0.15, 0.2) is 85.5 Å². The van der Waals surface area contributed by atoms with Crippen molar-refractivity contribution in [3.63, 3.8) is 0 Å². The maximum Gasteiger partial charge on any atom is 0.459 e. The molecule has 0 spiro atoms. The molecular weight excluding hydrogens is 587 g/mol. The Morgan fingerprint density at radius 2 is 1.89 bits per heavy atom. The molecule has 0 aliphatic carbocycles. The minimum absolute atomic E-state index is 0.0381. The van der Waals surface area contributed by atoms with E-state index in [1.54, 1.807) is 16.7 Å². The summed E-state index contributed by atoms with van der Waals surface area (Å²) >= 11 is 0. The zero-order chi connectivity index (χ0) is 30.7. The number of ether oxygens (including phenoxy) is 2. The van der Waals surface area contributed by atoms with Crippen LogP contribution in [0.2, 0.25) is 0 Å². The summed E-state index contributed by atoms with van der Waals surface area (Å²) in [5.74, 6) is -0.191. The maximum absolute atomic E-state index is 14.6. The standard InChI is InChI=1S/C30H31N6O7P/c1-19(30(38)40-16-20-8-3-2-4-9-20)35-44(39,42-24-13-7-11-21-10-5-6-12-23(21)24)43-25-14-22(15-37)41-29(25)36-18-34-26-27(31)32-17-33-28(26)36/h2-13,17-19,22,25,29,37H,14-16H2,1H3,(H,35,39)(H2,31,32,33)/t19-,22-,25-,29?,44?/m0/s1. The highest BCUT2D eigenvalue weighted by Gasteiger charge is 2.44. The second-order valence-electron chi connectivity index (χ2n) is 10.3. The monoisotopic (exact) mass is 618 g/mol. The number of nitrogens with zero attached hydrogens (tertiary/aromatic N) is 4. The van der Waals surface area contributed by atoms with E-state index in [4.69, 9.17) is 24.3 Å². The van der Waals surface area contributed by atoms with Gasteiger partial charge in [0.2, 0.25) is 0 Å². The third-order valence-corrected chi connectivity index (χ3v) is 8.87. The minimum atomic E-state index is -4.35. The number of nitrogens with two attached hydrogens (primary N) is 1. The van der Waals surface area contributed by atoms with E-state index in [0.717, 1.165) is 10.9 Å². The van der Waals surface area contributed by atoms with E-state index >= 15 is 0 Å². The van der Waals surface area contributed by atoms with Gasteiger partial charge < -0.3 is 24.8 Å². The number of anilines is 1. The number of hydrogen-bond acceptors (Lipinski definition) is 11. The highest BCUT2D eigenvalue weighted by Crippen LogP contribution is 2.51. The number of carbonyl (C=O) groups is 1. The SMILES string of the molecule is C[C@H](NP(=O)(Oc1cccc2ccccc12)O[C@H]1C[C@@H](CO)OC1n1cnc2c(N)ncnc21)C(=O)OCc1ccccc1. The van der Waals surface area contributed by atoms with Gasteiger partial charge in [-0.2, -0.15) is 5.09 Å². The fourth-order valence-electron chi connectivity index (χ4n) is 5.03. The molecule has 14 heteroatoms. The molecule has 0 saturated carbocycles. The Morgan fingerprint density at radius 3 is 2.70 bits per heavy atom. The third-order valence-electron chi connectivity index (χ3n) is 7.18. The molecule has 228 valence electrons. The largest absolute Gasteiger partial charge is 0.460 e. The van der Waals surface area contributed by atoms with E-state index in [-0.39, 0.29) is 31.2 Å². The number of hydrogen-bond donors (Lipinski definition) is 3. The lowest BCUT2D eigenvalue weighted by Crippen LogP contribution is -2.36. The Balaban J connectivity index is 1.30. The first kappa shape index (κ1) is 29.7. The predicted molar refractivity (Wildman–Crippen MR) is 161 cm³/mol. The fraction of sp³-hybridized carbons (Fsp3) is 0.267. The van der Waals surface area contributed by atoms with Crippen molar-refractivity contribution < 1.29 is 33.0 Å². The first-order valence-corrected chi connectivity index (χ1v) is 15.5. The molecule has 44 heavy (non-hydrogen) atoms. The second-order valence-corrected chi connectivity index (χ2v) is 12.0. The summed E-state index contributed by atoms with van der Waals surface area (Å²) in [7, 11) is -4.35. The van der Waals surface area contributed by atoms with E-state index < -0.39 is 38.2 Å². The number of aromatic nitrogens is 4. The summed E-state index contributed by atoms with van der Waals surface area (Å²) in [5.41, 5.74) is 7.50. The quantitative estimate of drug-likeness (QED) is 0.143. The van der Waals surface area contributed by atoms with E-state index in [1.807, 2.05) is 60.7 Å². The second kappa shape index (κ2) is 12.7. The van der Waals surface area contributed by atoms with Crippen LogP contribution in [0.1, 0.15) is 25.1 Å². The Kier molecular flexibility index (Phi) is 8.56. The number of carbonyl (C=O) groups excluding carboxylic acids is 1. The summed E-state index contributed by atoms with van der Waals surface area (Å²) in [6.07, 6.45) is 0.409. The molecule has 5 aromatic rings. The maximum atomic E-state index is 14.6. The molecule has 3 heterocycles. The highest BCUT2D eigenvalue weighted by atomic mass is 31.2. The number of esters is 1. The first-order chi connectivity index (χ1) is 21.3. The van der Waals surface area contributed by atoms with Gasteiger partial charge in [0, 0.05) is 11.8 Å². The molecule has 0 bridgehead atoms. The van der Waals surface area contributed by atoms with Gasteiger partial charge in [0.25, 0.3) is 0 Å². The molecule has 13 nitrogen and oxygen atoms in total. The van der Waals surface area contributed by atoms with Crippen molar-refractivity contribution in [3.8, 4) is 5.75 Å². The summed E-state index contributed by atoms with van der Waals surface area (Å²) < 4.78 is 40.1. The van der Waals surface area contributed by atoms with Crippen LogP contribution < -0.4 is 15.3 Å². The number of rotatable bonds is 11. The summed E-state index contributed by atoms with van der Waals surface area (Å²) in [5, 5.41) is 14.3. The van der Waals surface area contributed by atoms with Gasteiger partial charge in [0.1, 0.15) is 36.3 Å². The van der Waals surface area contributed by atoms with Crippen molar-refractivity contribution in [2.75, 3.05) is 12.3 Å². The zero-order valence-electron chi connectivity index (χ0n) is 23.7. The summed E-state index contributed by atoms with van der Waals surface area (Å²) in [4.78, 5) is 25.6. The lowest BCUT2D eigenvalue weighted by molar-refractivity contribution is -0.146. The van der Waals surface area contributed by atoms with Gasteiger partial charge in [-0.1, -0.05) is 66.7 Å². The minimum Gasteiger partial charge on any atom is -0.460 e. The van der Waals surface area contributed by atoms with Gasteiger partial charge in [-0.3, -0.25) is 13.9 Å². The Bertz CT molecular complexity index is 1810. The molecule has 1 aliphatic rings. The zero-order valence-corrected chi connectivity index (χ0v) is 24.6.